The first-order valence-electron chi connectivity index (χ1n) is 9.60. The van der Waals surface area contributed by atoms with Crippen LogP contribution in [0.15, 0.2) is 36.4 Å². The predicted octanol–water partition coefficient (Wildman–Crippen LogP) is 6.67. The molecule has 1 heterocycles. The number of rotatable bonds is 6. The molecule has 186 valence electrons. The Bertz CT molecular complexity index is 1060. The molecule has 2 aromatic rings. The summed E-state index contributed by atoms with van der Waals surface area (Å²) < 4.78 is 85.6. The first-order chi connectivity index (χ1) is 15.6. The van der Waals surface area contributed by atoms with Gasteiger partial charge in [-0.2, -0.15) is 31.4 Å². The smallest absolute Gasteiger partial charge is 0.423 e. The molecule has 0 aliphatic carbocycles. The van der Waals surface area contributed by atoms with E-state index in [2.05, 4.69) is 4.74 Å². The molecule has 1 aliphatic rings. The lowest BCUT2D eigenvalue weighted by molar-refractivity contribution is -0.343. The van der Waals surface area contributed by atoms with Gasteiger partial charge in [-0.05, 0) is 47.9 Å². The van der Waals surface area contributed by atoms with Gasteiger partial charge in [0.05, 0.1) is 11.6 Å². The summed E-state index contributed by atoms with van der Waals surface area (Å²) >= 11 is 11.8. The van der Waals surface area contributed by atoms with Crippen molar-refractivity contribution >= 4 is 29.2 Å². The third-order valence-corrected chi connectivity index (χ3v) is 5.67. The fourth-order valence-electron chi connectivity index (χ4n) is 3.75. The van der Waals surface area contributed by atoms with Crippen molar-refractivity contribution in [1.82, 2.24) is 5.06 Å². The minimum absolute atomic E-state index is 0.0776. The van der Waals surface area contributed by atoms with E-state index in [9.17, 15) is 36.2 Å². The molecule has 0 amide bonds. The lowest BCUT2D eigenvalue weighted by Crippen LogP contribution is -2.43. The summed E-state index contributed by atoms with van der Waals surface area (Å²) in [6, 6.07) is 5.82. The maximum atomic E-state index is 14.5. The van der Waals surface area contributed by atoms with Gasteiger partial charge in [0.15, 0.2) is 0 Å². The van der Waals surface area contributed by atoms with Crippen molar-refractivity contribution < 1.29 is 45.8 Å². The molecule has 0 aromatic heterocycles. The minimum Gasteiger partial charge on any atom is -0.478 e. The Morgan fingerprint density at radius 2 is 1.76 bits per heavy atom. The SMILES string of the molecule is Cc1cc(C2CC(c3cc(Cl)cc(Cl)c3)(C(F)(F)F)ON2COCC(F)(F)F)ccc1C(=O)O. The molecule has 3 rings (SSSR count). The Morgan fingerprint density at radius 1 is 1.15 bits per heavy atom. The van der Waals surface area contributed by atoms with Crippen molar-refractivity contribution in [2.45, 2.75) is 37.3 Å². The third kappa shape index (κ3) is 5.60. The van der Waals surface area contributed by atoms with Gasteiger partial charge in [-0.3, -0.25) is 4.84 Å². The molecule has 2 atom stereocenters. The van der Waals surface area contributed by atoms with Gasteiger partial charge in [-0.25, -0.2) is 4.79 Å². The Balaban J connectivity index is 2.08. The van der Waals surface area contributed by atoms with E-state index < -0.39 is 55.3 Å². The number of carboxylic acid groups (broad SMARTS) is 1. The van der Waals surface area contributed by atoms with Gasteiger partial charge in [0.25, 0.3) is 0 Å². The summed E-state index contributed by atoms with van der Waals surface area (Å²) in [6.07, 6.45) is -10.5. The van der Waals surface area contributed by atoms with Gasteiger partial charge in [-0.15, -0.1) is 0 Å². The number of carboxylic acids is 1. The Morgan fingerprint density at radius 3 is 2.26 bits per heavy atom. The summed E-state index contributed by atoms with van der Waals surface area (Å²) in [7, 11) is 0. The van der Waals surface area contributed by atoms with Gasteiger partial charge in [0.1, 0.15) is 13.3 Å². The maximum Gasteiger partial charge on any atom is 0.423 e. The van der Waals surface area contributed by atoms with Crippen LogP contribution in [0, 0.1) is 6.92 Å². The fourth-order valence-corrected chi connectivity index (χ4v) is 4.28. The van der Waals surface area contributed by atoms with Gasteiger partial charge in [0.2, 0.25) is 5.60 Å². The number of alkyl halides is 6. The van der Waals surface area contributed by atoms with Crippen LogP contribution in [0.3, 0.4) is 0 Å². The van der Waals surface area contributed by atoms with Gasteiger partial charge in [0, 0.05) is 16.5 Å². The molecular formula is C21H17Cl2F6NO4. The number of carbonyl (C=O) groups is 1. The number of benzene rings is 2. The van der Waals surface area contributed by atoms with E-state index in [-0.39, 0.29) is 26.7 Å². The fraction of sp³-hybridized carbons (Fsp3) is 0.381. The highest BCUT2D eigenvalue weighted by Crippen LogP contribution is 2.55. The summed E-state index contributed by atoms with van der Waals surface area (Å²) in [5.74, 6) is -1.24. The standard InChI is InChI=1S/C21H17Cl2F6NO4/c1-11-4-12(2-3-16(11)18(31)32)17-8-19(21(27,28)29,13-5-14(22)7-15(23)6-13)34-30(17)10-33-9-20(24,25)26/h2-7,17H,8-10H2,1H3,(H,31,32). The van der Waals surface area contributed by atoms with Crippen LogP contribution in [0.4, 0.5) is 26.3 Å². The lowest BCUT2D eigenvalue weighted by atomic mass is 9.85. The molecule has 2 aromatic carbocycles. The van der Waals surface area contributed by atoms with Crippen molar-refractivity contribution in [3.63, 3.8) is 0 Å². The zero-order valence-corrected chi connectivity index (χ0v) is 18.8. The average Bonchev–Trinajstić information content (AvgIpc) is 3.07. The van der Waals surface area contributed by atoms with E-state index in [1.54, 1.807) is 0 Å². The summed E-state index contributed by atoms with van der Waals surface area (Å²) in [5, 5.41) is 9.68. The summed E-state index contributed by atoms with van der Waals surface area (Å²) in [4.78, 5) is 16.6. The van der Waals surface area contributed by atoms with E-state index in [1.165, 1.54) is 31.2 Å². The monoisotopic (exact) mass is 531 g/mol. The Labute approximate surface area is 199 Å². The number of nitrogens with zero attached hydrogens (tertiary/aromatic N) is 1. The second-order valence-corrected chi connectivity index (χ2v) is 8.56. The number of ether oxygens (including phenoxy) is 1. The van der Waals surface area contributed by atoms with E-state index >= 15 is 0 Å². The van der Waals surface area contributed by atoms with Crippen molar-refractivity contribution in [2.24, 2.45) is 0 Å². The number of halogens is 8. The van der Waals surface area contributed by atoms with Crippen LogP contribution in [-0.4, -0.2) is 41.8 Å². The van der Waals surface area contributed by atoms with Crippen molar-refractivity contribution in [3.05, 3.63) is 68.7 Å². The molecule has 0 radical (unpaired) electrons. The van der Waals surface area contributed by atoms with E-state index in [1.807, 2.05) is 0 Å². The average molecular weight is 532 g/mol. The zero-order valence-electron chi connectivity index (χ0n) is 17.3. The maximum absolute atomic E-state index is 14.5. The van der Waals surface area contributed by atoms with Crippen LogP contribution in [0.5, 0.6) is 0 Å². The van der Waals surface area contributed by atoms with Gasteiger partial charge in [-0.1, -0.05) is 35.3 Å². The normalized spacial score (nSPS) is 21.7. The second-order valence-electron chi connectivity index (χ2n) is 7.68. The first kappa shape index (κ1) is 26.6. The number of hydrogen-bond donors (Lipinski definition) is 1. The Hall–Kier alpha value is -2.05. The molecule has 0 saturated carbocycles. The topological polar surface area (TPSA) is 59.0 Å². The Kier molecular flexibility index (Phi) is 7.45. The minimum atomic E-state index is -5.03. The molecule has 0 spiro atoms. The van der Waals surface area contributed by atoms with E-state index in [4.69, 9.17) is 28.0 Å². The molecule has 34 heavy (non-hydrogen) atoms. The molecule has 0 bridgehead atoms. The van der Waals surface area contributed by atoms with Crippen LogP contribution in [0.25, 0.3) is 0 Å². The van der Waals surface area contributed by atoms with Crippen LogP contribution in [0.1, 0.15) is 39.5 Å². The molecule has 1 fully saturated rings. The summed E-state index contributed by atoms with van der Waals surface area (Å²) in [5.41, 5.74) is -3.09. The molecule has 13 heteroatoms. The molecule has 1 saturated heterocycles. The number of aryl methyl sites for hydroxylation is 1. The molecular weight excluding hydrogens is 515 g/mol. The highest BCUT2D eigenvalue weighted by Gasteiger charge is 2.64. The molecule has 2 unspecified atom stereocenters. The van der Waals surface area contributed by atoms with Crippen molar-refractivity contribution in [1.29, 1.82) is 0 Å². The van der Waals surface area contributed by atoms with Crippen molar-refractivity contribution in [2.75, 3.05) is 13.3 Å². The van der Waals surface area contributed by atoms with Crippen LogP contribution >= 0.6 is 23.2 Å². The van der Waals surface area contributed by atoms with Gasteiger partial charge < -0.3 is 9.84 Å². The third-order valence-electron chi connectivity index (χ3n) is 5.24. The molecule has 1 aliphatic heterocycles. The van der Waals surface area contributed by atoms with Crippen LogP contribution in [-0.2, 0) is 15.2 Å². The number of hydrogen-bond acceptors (Lipinski definition) is 4. The molecule has 5 nitrogen and oxygen atoms in total. The predicted molar refractivity (Wildman–Crippen MR) is 109 cm³/mol. The highest BCUT2D eigenvalue weighted by molar-refractivity contribution is 6.34. The quantitative estimate of drug-likeness (QED) is 0.421. The largest absolute Gasteiger partial charge is 0.478 e. The number of hydroxylamine groups is 2. The van der Waals surface area contributed by atoms with Crippen LogP contribution < -0.4 is 0 Å². The van der Waals surface area contributed by atoms with E-state index in [0.29, 0.717) is 5.06 Å². The van der Waals surface area contributed by atoms with Gasteiger partial charge >= 0.3 is 18.3 Å². The highest BCUT2D eigenvalue weighted by atomic mass is 35.5. The van der Waals surface area contributed by atoms with Crippen LogP contribution in [0.2, 0.25) is 10.0 Å². The van der Waals surface area contributed by atoms with E-state index in [0.717, 1.165) is 12.1 Å². The second kappa shape index (κ2) is 9.54. The summed E-state index contributed by atoms with van der Waals surface area (Å²) in [6.45, 7) is -1.21. The lowest BCUT2D eigenvalue weighted by Gasteiger charge is -2.31. The molecule has 1 N–H and O–H groups in total. The van der Waals surface area contributed by atoms with Crippen molar-refractivity contribution in [3.8, 4) is 0 Å². The zero-order chi connectivity index (χ0) is 25.5. The number of aromatic carboxylic acids is 1. The first-order valence-corrected chi connectivity index (χ1v) is 10.4.